The fourth-order valence-corrected chi connectivity index (χ4v) is 2.70. The lowest BCUT2D eigenvalue weighted by Crippen LogP contribution is -2.33. The average Bonchev–Trinajstić information content (AvgIpc) is 2.85. The second-order valence-electron chi connectivity index (χ2n) is 5.38. The SMILES string of the molecule is COCCOc1c(C2COC(C(F)(F)F)C2C)ccc(F)c1F. The smallest absolute Gasteiger partial charge is 0.414 e. The zero-order valence-electron chi connectivity index (χ0n) is 12.6. The van der Waals surface area contributed by atoms with Crippen molar-refractivity contribution >= 4 is 0 Å². The van der Waals surface area contributed by atoms with Crippen molar-refractivity contribution in [2.45, 2.75) is 25.1 Å². The number of halogens is 5. The molecule has 2 rings (SSSR count). The normalized spacial score (nSPS) is 24.9. The molecule has 1 fully saturated rings. The molecule has 1 saturated heterocycles. The number of benzene rings is 1. The van der Waals surface area contributed by atoms with Crippen molar-refractivity contribution < 1.29 is 36.2 Å². The van der Waals surface area contributed by atoms with E-state index in [1.54, 1.807) is 0 Å². The van der Waals surface area contributed by atoms with E-state index in [4.69, 9.17) is 14.2 Å². The minimum atomic E-state index is -4.51. The first-order valence-corrected chi connectivity index (χ1v) is 7.05. The molecule has 0 bridgehead atoms. The topological polar surface area (TPSA) is 27.7 Å². The largest absolute Gasteiger partial charge is 0.488 e. The van der Waals surface area contributed by atoms with Crippen LogP contribution in [0.3, 0.4) is 0 Å². The molecule has 8 heteroatoms. The van der Waals surface area contributed by atoms with Crippen LogP contribution in [0.4, 0.5) is 22.0 Å². The lowest BCUT2D eigenvalue weighted by molar-refractivity contribution is -0.215. The van der Waals surface area contributed by atoms with E-state index in [1.165, 1.54) is 20.1 Å². The molecule has 1 aromatic rings. The summed E-state index contributed by atoms with van der Waals surface area (Å²) in [6.45, 7) is 1.22. The first-order chi connectivity index (χ1) is 10.8. The van der Waals surface area contributed by atoms with E-state index in [-0.39, 0.29) is 31.1 Å². The first kappa shape index (κ1) is 17.9. The van der Waals surface area contributed by atoms with E-state index in [1.807, 2.05) is 0 Å². The molecule has 1 aliphatic heterocycles. The van der Waals surface area contributed by atoms with Gasteiger partial charge in [-0.1, -0.05) is 13.0 Å². The standard InChI is InChI=1S/C15H17F5O3/c1-8-10(7-23-14(8)15(18,19)20)9-3-4-11(16)12(17)13(9)22-6-5-21-2/h3-4,8,10,14H,5-7H2,1-2H3. The van der Waals surface area contributed by atoms with Gasteiger partial charge < -0.3 is 14.2 Å². The zero-order chi connectivity index (χ0) is 17.2. The Morgan fingerprint density at radius 3 is 2.48 bits per heavy atom. The molecule has 3 atom stereocenters. The molecule has 0 amide bonds. The van der Waals surface area contributed by atoms with Crippen molar-refractivity contribution in [2.24, 2.45) is 5.92 Å². The van der Waals surface area contributed by atoms with Gasteiger partial charge in [-0.05, 0) is 6.07 Å². The molecule has 0 radical (unpaired) electrons. The summed E-state index contributed by atoms with van der Waals surface area (Å²) < 4.78 is 80.9. The third-order valence-electron chi connectivity index (χ3n) is 3.90. The fourth-order valence-electron chi connectivity index (χ4n) is 2.70. The van der Waals surface area contributed by atoms with Crippen molar-refractivity contribution in [3.05, 3.63) is 29.3 Å². The molecule has 23 heavy (non-hydrogen) atoms. The fraction of sp³-hybridized carbons (Fsp3) is 0.600. The third kappa shape index (κ3) is 3.74. The molecule has 1 aliphatic rings. The van der Waals surface area contributed by atoms with Gasteiger partial charge in [-0.15, -0.1) is 0 Å². The van der Waals surface area contributed by atoms with Crippen LogP contribution >= 0.6 is 0 Å². The average molecular weight is 340 g/mol. The van der Waals surface area contributed by atoms with E-state index < -0.39 is 35.8 Å². The Morgan fingerprint density at radius 1 is 1.22 bits per heavy atom. The van der Waals surface area contributed by atoms with Crippen molar-refractivity contribution in [2.75, 3.05) is 26.9 Å². The highest BCUT2D eigenvalue weighted by molar-refractivity contribution is 5.39. The van der Waals surface area contributed by atoms with Crippen LogP contribution in [0, 0.1) is 17.6 Å². The van der Waals surface area contributed by atoms with Crippen LogP contribution < -0.4 is 4.74 Å². The van der Waals surface area contributed by atoms with Gasteiger partial charge in [0, 0.05) is 24.5 Å². The van der Waals surface area contributed by atoms with E-state index in [0.29, 0.717) is 0 Å². The molecule has 0 saturated carbocycles. The van der Waals surface area contributed by atoms with Crippen molar-refractivity contribution in [1.29, 1.82) is 0 Å². The highest BCUT2D eigenvalue weighted by Crippen LogP contribution is 2.45. The molecule has 1 aromatic carbocycles. The summed E-state index contributed by atoms with van der Waals surface area (Å²) in [7, 11) is 1.41. The molecular weight excluding hydrogens is 323 g/mol. The van der Waals surface area contributed by atoms with Crippen LogP contribution in [0.15, 0.2) is 12.1 Å². The Balaban J connectivity index is 2.30. The van der Waals surface area contributed by atoms with Gasteiger partial charge in [0.05, 0.1) is 13.2 Å². The lowest BCUT2D eigenvalue weighted by atomic mass is 9.86. The van der Waals surface area contributed by atoms with Gasteiger partial charge in [-0.3, -0.25) is 0 Å². The highest BCUT2D eigenvalue weighted by Gasteiger charge is 2.51. The highest BCUT2D eigenvalue weighted by atomic mass is 19.4. The number of hydrogen-bond donors (Lipinski definition) is 0. The molecule has 3 nitrogen and oxygen atoms in total. The summed E-state index contributed by atoms with van der Waals surface area (Å²) in [5, 5.41) is 0. The minimum absolute atomic E-state index is 0.0471. The predicted octanol–water partition coefficient (Wildman–Crippen LogP) is 3.67. The van der Waals surface area contributed by atoms with Crippen LogP contribution in [-0.4, -0.2) is 39.2 Å². The lowest BCUT2D eigenvalue weighted by Gasteiger charge is -2.22. The van der Waals surface area contributed by atoms with Gasteiger partial charge in [-0.25, -0.2) is 4.39 Å². The molecular formula is C15H17F5O3. The van der Waals surface area contributed by atoms with E-state index in [0.717, 1.165) is 6.07 Å². The van der Waals surface area contributed by atoms with Crippen LogP contribution in [0.25, 0.3) is 0 Å². The predicted molar refractivity (Wildman–Crippen MR) is 71.4 cm³/mol. The number of hydrogen-bond acceptors (Lipinski definition) is 3. The molecule has 130 valence electrons. The van der Waals surface area contributed by atoms with Crippen LogP contribution in [-0.2, 0) is 9.47 Å². The second kappa shape index (κ2) is 7.00. The molecule has 0 N–H and O–H groups in total. The maximum absolute atomic E-state index is 14.0. The monoisotopic (exact) mass is 340 g/mol. The summed E-state index contributed by atoms with van der Waals surface area (Å²) in [6.07, 6.45) is -6.45. The molecule has 0 spiro atoms. The Morgan fingerprint density at radius 2 is 1.91 bits per heavy atom. The first-order valence-electron chi connectivity index (χ1n) is 7.05. The second-order valence-corrected chi connectivity index (χ2v) is 5.38. The van der Waals surface area contributed by atoms with Crippen LogP contribution in [0.5, 0.6) is 5.75 Å². The van der Waals surface area contributed by atoms with Gasteiger partial charge in [0.1, 0.15) is 6.61 Å². The quantitative estimate of drug-likeness (QED) is 0.605. The van der Waals surface area contributed by atoms with Gasteiger partial charge in [0.25, 0.3) is 0 Å². The Bertz CT molecular complexity index is 547. The molecule has 0 aliphatic carbocycles. The van der Waals surface area contributed by atoms with Gasteiger partial charge in [0.2, 0.25) is 5.82 Å². The van der Waals surface area contributed by atoms with Gasteiger partial charge in [0.15, 0.2) is 17.7 Å². The molecule has 0 aromatic heterocycles. The minimum Gasteiger partial charge on any atom is -0.488 e. The Labute approximate surface area is 130 Å². The van der Waals surface area contributed by atoms with Crippen molar-refractivity contribution in [3.63, 3.8) is 0 Å². The van der Waals surface area contributed by atoms with Crippen molar-refractivity contribution in [3.8, 4) is 5.75 Å². The van der Waals surface area contributed by atoms with E-state index in [9.17, 15) is 22.0 Å². The zero-order valence-corrected chi connectivity index (χ0v) is 12.6. The maximum atomic E-state index is 14.0. The number of ether oxygens (including phenoxy) is 3. The molecule has 3 unspecified atom stereocenters. The van der Waals surface area contributed by atoms with Gasteiger partial charge in [-0.2, -0.15) is 17.6 Å². The van der Waals surface area contributed by atoms with Crippen molar-refractivity contribution in [1.82, 2.24) is 0 Å². The summed E-state index contributed by atoms with van der Waals surface area (Å²) in [4.78, 5) is 0. The molecule has 1 heterocycles. The van der Waals surface area contributed by atoms with Crippen LogP contribution in [0.1, 0.15) is 18.4 Å². The number of methoxy groups -OCH3 is 1. The summed E-state index contributed by atoms with van der Waals surface area (Å²) >= 11 is 0. The van der Waals surface area contributed by atoms with E-state index >= 15 is 0 Å². The number of rotatable bonds is 5. The Hall–Kier alpha value is -1.41. The third-order valence-corrected chi connectivity index (χ3v) is 3.90. The summed E-state index contributed by atoms with van der Waals surface area (Å²) in [5.41, 5.74) is 0.166. The van der Waals surface area contributed by atoms with Crippen LogP contribution in [0.2, 0.25) is 0 Å². The summed E-state index contributed by atoms with van der Waals surface area (Å²) in [6, 6.07) is 2.12. The van der Waals surface area contributed by atoms with E-state index in [2.05, 4.69) is 0 Å². The Kier molecular flexibility index (Phi) is 5.46. The summed E-state index contributed by atoms with van der Waals surface area (Å²) in [5.74, 6) is -4.41. The maximum Gasteiger partial charge on any atom is 0.414 e. The number of alkyl halides is 3. The van der Waals surface area contributed by atoms with Gasteiger partial charge >= 0.3 is 6.18 Å².